The maximum absolute atomic E-state index is 13.9. The number of hydrogen-bond acceptors (Lipinski definition) is 3. The van der Waals surface area contributed by atoms with E-state index in [2.05, 4.69) is 21.2 Å². The Balaban J connectivity index is 2.04. The molecule has 0 aliphatic carbocycles. The number of benzene rings is 2. The number of halogens is 2. The van der Waals surface area contributed by atoms with Crippen molar-refractivity contribution in [1.82, 2.24) is 5.32 Å². The topological polar surface area (TPSA) is 58.6 Å². The number of nitrogens with one attached hydrogen (secondary N) is 1. The first kappa shape index (κ1) is 19.4. The highest BCUT2D eigenvalue weighted by Crippen LogP contribution is 2.25. The van der Waals surface area contributed by atoms with E-state index in [4.69, 9.17) is 4.74 Å². The third kappa shape index (κ3) is 5.03. The smallest absolute Gasteiger partial charge is 0.261 e. The van der Waals surface area contributed by atoms with E-state index < -0.39 is 24.1 Å². The average Bonchev–Trinajstić information content (AvgIpc) is 2.61. The summed E-state index contributed by atoms with van der Waals surface area (Å²) in [5, 5.41) is 13.2. The van der Waals surface area contributed by atoms with Gasteiger partial charge in [0.15, 0.2) is 6.10 Å². The van der Waals surface area contributed by atoms with Gasteiger partial charge in [-0.2, -0.15) is 0 Å². The molecule has 2 aromatic carbocycles. The molecule has 6 heteroatoms. The SMILES string of the molecule is CC[C@H](NC(=O)[C@H](C)Oc1ccccc1Br)[C@@H](O)c1ccccc1F. The first-order valence-electron chi connectivity index (χ1n) is 8.08. The van der Waals surface area contributed by atoms with E-state index in [0.717, 1.165) is 4.47 Å². The number of amides is 1. The summed E-state index contributed by atoms with van der Waals surface area (Å²) >= 11 is 3.36. The Morgan fingerprint density at radius 2 is 1.88 bits per heavy atom. The van der Waals surface area contributed by atoms with Gasteiger partial charge in [-0.1, -0.05) is 37.3 Å². The molecule has 3 atom stereocenters. The van der Waals surface area contributed by atoms with Crippen LogP contribution in [0.4, 0.5) is 4.39 Å². The molecule has 1 amide bonds. The van der Waals surface area contributed by atoms with Crippen molar-refractivity contribution in [3.63, 3.8) is 0 Å². The highest BCUT2D eigenvalue weighted by atomic mass is 79.9. The highest BCUT2D eigenvalue weighted by Gasteiger charge is 2.26. The number of hydrogen-bond donors (Lipinski definition) is 2. The molecule has 25 heavy (non-hydrogen) atoms. The van der Waals surface area contributed by atoms with Gasteiger partial charge in [0.25, 0.3) is 5.91 Å². The van der Waals surface area contributed by atoms with Gasteiger partial charge in [-0.25, -0.2) is 4.39 Å². The second kappa shape index (κ2) is 8.97. The first-order valence-corrected chi connectivity index (χ1v) is 8.87. The number of aliphatic hydroxyl groups is 1. The Labute approximate surface area is 155 Å². The van der Waals surface area contributed by atoms with Crippen molar-refractivity contribution in [3.05, 3.63) is 64.4 Å². The second-order valence-electron chi connectivity index (χ2n) is 5.68. The quantitative estimate of drug-likeness (QED) is 0.726. The minimum atomic E-state index is -1.13. The molecule has 0 saturated heterocycles. The van der Waals surface area contributed by atoms with Crippen LogP contribution in [0.3, 0.4) is 0 Å². The summed E-state index contributed by atoms with van der Waals surface area (Å²) in [4.78, 5) is 12.4. The summed E-state index contributed by atoms with van der Waals surface area (Å²) < 4.78 is 20.3. The van der Waals surface area contributed by atoms with E-state index in [9.17, 15) is 14.3 Å². The molecular weight excluding hydrogens is 389 g/mol. The van der Waals surface area contributed by atoms with Crippen LogP contribution < -0.4 is 10.1 Å². The molecule has 0 saturated carbocycles. The largest absolute Gasteiger partial charge is 0.480 e. The molecule has 2 aromatic rings. The normalized spacial score (nSPS) is 14.4. The zero-order valence-corrected chi connectivity index (χ0v) is 15.7. The average molecular weight is 410 g/mol. The van der Waals surface area contributed by atoms with Crippen molar-refractivity contribution in [2.45, 2.75) is 38.5 Å². The summed E-state index contributed by atoms with van der Waals surface area (Å²) in [5.74, 6) is -0.328. The molecule has 0 bridgehead atoms. The van der Waals surface area contributed by atoms with Gasteiger partial charge in [-0.3, -0.25) is 4.79 Å². The number of ether oxygens (including phenoxy) is 1. The van der Waals surface area contributed by atoms with Gasteiger partial charge >= 0.3 is 0 Å². The van der Waals surface area contributed by atoms with Crippen LogP contribution >= 0.6 is 15.9 Å². The van der Waals surface area contributed by atoms with Crippen LogP contribution in [0, 0.1) is 5.82 Å². The number of aliphatic hydroxyl groups excluding tert-OH is 1. The molecular formula is C19H21BrFNO3. The fourth-order valence-corrected chi connectivity index (χ4v) is 2.80. The molecule has 0 radical (unpaired) electrons. The molecule has 0 fully saturated rings. The number of para-hydroxylation sites is 1. The summed E-state index contributed by atoms with van der Waals surface area (Å²) in [6, 6.07) is 12.6. The minimum absolute atomic E-state index is 0.161. The Kier molecular flexibility index (Phi) is 6.96. The van der Waals surface area contributed by atoms with Crippen molar-refractivity contribution in [1.29, 1.82) is 0 Å². The van der Waals surface area contributed by atoms with Gasteiger partial charge < -0.3 is 15.2 Å². The summed E-state index contributed by atoms with van der Waals surface area (Å²) in [5.41, 5.74) is 0.161. The molecule has 0 aliphatic heterocycles. The fourth-order valence-electron chi connectivity index (χ4n) is 2.42. The summed E-state index contributed by atoms with van der Waals surface area (Å²) in [7, 11) is 0. The van der Waals surface area contributed by atoms with Crippen molar-refractivity contribution in [2.75, 3.05) is 0 Å². The zero-order chi connectivity index (χ0) is 18.4. The van der Waals surface area contributed by atoms with Crippen LogP contribution in [0.2, 0.25) is 0 Å². The predicted octanol–water partition coefficient (Wildman–Crippen LogP) is 3.98. The monoisotopic (exact) mass is 409 g/mol. The van der Waals surface area contributed by atoms with Crippen LogP contribution in [-0.4, -0.2) is 23.2 Å². The minimum Gasteiger partial charge on any atom is -0.480 e. The lowest BCUT2D eigenvalue weighted by Crippen LogP contribution is -2.45. The summed E-state index contributed by atoms with van der Waals surface area (Å²) in [6.45, 7) is 3.44. The Morgan fingerprint density at radius 3 is 2.52 bits per heavy atom. The number of carbonyl (C=O) groups is 1. The van der Waals surface area contributed by atoms with Gasteiger partial charge in [0, 0.05) is 5.56 Å². The van der Waals surface area contributed by atoms with Crippen LogP contribution in [0.25, 0.3) is 0 Å². The van der Waals surface area contributed by atoms with Gasteiger partial charge in [0.05, 0.1) is 10.5 Å². The molecule has 4 nitrogen and oxygen atoms in total. The van der Waals surface area contributed by atoms with Crippen molar-refractivity contribution in [2.24, 2.45) is 0 Å². The molecule has 0 unspecified atom stereocenters. The van der Waals surface area contributed by atoms with E-state index in [1.807, 2.05) is 25.1 Å². The fraction of sp³-hybridized carbons (Fsp3) is 0.316. The Morgan fingerprint density at radius 1 is 1.24 bits per heavy atom. The van der Waals surface area contributed by atoms with E-state index in [1.165, 1.54) is 12.1 Å². The zero-order valence-electron chi connectivity index (χ0n) is 14.1. The van der Waals surface area contributed by atoms with Crippen molar-refractivity contribution >= 4 is 21.8 Å². The van der Waals surface area contributed by atoms with E-state index in [1.54, 1.807) is 25.1 Å². The number of rotatable bonds is 7. The standard InChI is InChI=1S/C19H21BrFNO3/c1-3-16(18(23)13-8-4-6-10-15(13)21)22-19(24)12(2)25-17-11-7-5-9-14(17)20/h4-12,16,18,23H,3H2,1-2H3,(H,22,24)/t12-,16-,18-/m0/s1. The molecule has 2 rings (SSSR count). The molecule has 134 valence electrons. The molecule has 0 aliphatic rings. The third-order valence-electron chi connectivity index (χ3n) is 3.88. The predicted molar refractivity (Wildman–Crippen MR) is 97.8 cm³/mol. The van der Waals surface area contributed by atoms with Gasteiger partial charge in [-0.15, -0.1) is 0 Å². The second-order valence-corrected chi connectivity index (χ2v) is 6.53. The highest BCUT2D eigenvalue weighted by molar-refractivity contribution is 9.10. The third-order valence-corrected chi connectivity index (χ3v) is 4.54. The van der Waals surface area contributed by atoms with Gasteiger partial charge in [-0.05, 0) is 47.5 Å². The van der Waals surface area contributed by atoms with Crippen LogP contribution in [0.5, 0.6) is 5.75 Å². The lowest BCUT2D eigenvalue weighted by atomic mass is 9.99. The maximum Gasteiger partial charge on any atom is 0.261 e. The van der Waals surface area contributed by atoms with Gasteiger partial charge in [0.1, 0.15) is 17.7 Å². The van der Waals surface area contributed by atoms with Crippen LogP contribution in [-0.2, 0) is 4.79 Å². The first-order chi connectivity index (χ1) is 11.9. The molecule has 0 aromatic heterocycles. The van der Waals surface area contributed by atoms with Crippen molar-refractivity contribution < 1.29 is 19.0 Å². The lowest BCUT2D eigenvalue weighted by Gasteiger charge is -2.25. The Bertz CT molecular complexity index is 725. The lowest BCUT2D eigenvalue weighted by molar-refractivity contribution is -0.129. The molecule has 2 N–H and O–H groups in total. The van der Waals surface area contributed by atoms with E-state index >= 15 is 0 Å². The van der Waals surface area contributed by atoms with Crippen molar-refractivity contribution in [3.8, 4) is 5.75 Å². The number of carbonyl (C=O) groups excluding carboxylic acids is 1. The van der Waals surface area contributed by atoms with E-state index in [0.29, 0.717) is 12.2 Å². The Hall–Kier alpha value is -1.92. The van der Waals surface area contributed by atoms with E-state index in [-0.39, 0.29) is 11.5 Å². The van der Waals surface area contributed by atoms with Crippen LogP contribution in [0.1, 0.15) is 31.9 Å². The molecule has 0 spiro atoms. The maximum atomic E-state index is 13.9. The molecule has 0 heterocycles. The van der Waals surface area contributed by atoms with Crippen LogP contribution in [0.15, 0.2) is 53.0 Å². The summed E-state index contributed by atoms with van der Waals surface area (Å²) in [6.07, 6.45) is -1.45. The van der Waals surface area contributed by atoms with Gasteiger partial charge in [0.2, 0.25) is 0 Å².